The lowest BCUT2D eigenvalue weighted by atomic mass is 9.90. The van der Waals surface area contributed by atoms with E-state index >= 15 is 0 Å². The summed E-state index contributed by atoms with van der Waals surface area (Å²) in [5.74, 6) is 0.866. The number of carbonyl (C=O) groups is 2. The molecule has 4 rings (SSSR count). The molecule has 12 heteroatoms. The van der Waals surface area contributed by atoms with Gasteiger partial charge in [0.2, 0.25) is 5.88 Å². The standard InChI is InChI=1S/C26H30Cl2FN3O5S/c27-15-11-20(23(22(28)12-15)36-8-7-33)24(34)31-17-1-3-18(4-2-17)32-25(35)21-13-16(29)14-30-26(21)37-19-5-9-38-10-6-19/h11-14,17-19,33H,1-10H2,(H,31,34)(H,32,35). The minimum absolute atomic E-state index is 0.0141. The van der Waals surface area contributed by atoms with Gasteiger partial charge in [-0.15, -0.1) is 0 Å². The van der Waals surface area contributed by atoms with E-state index in [0.717, 1.165) is 36.6 Å². The predicted molar refractivity (Wildman–Crippen MR) is 145 cm³/mol. The number of nitrogens with one attached hydrogen (secondary N) is 2. The maximum atomic E-state index is 13.9. The van der Waals surface area contributed by atoms with E-state index in [1.807, 2.05) is 11.8 Å². The summed E-state index contributed by atoms with van der Waals surface area (Å²) >= 11 is 14.2. The molecule has 2 fully saturated rings. The number of carbonyl (C=O) groups excluding carboxylic acids is 2. The fraction of sp³-hybridized carbons (Fsp3) is 0.500. The Hall–Kier alpha value is -2.27. The summed E-state index contributed by atoms with van der Waals surface area (Å²) in [6, 6.07) is 3.84. The zero-order chi connectivity index (χ0) is 27.1. The van der Waals surface area contributed by atoms with Crippen LogP contribution in [0.1, 0.15) is 59.2 Å². The van der Waals surface area contributed by atoms with Crippen LogP contribution in [-0.2, 0) is 0 Å². The Labute approximate surface area is 235 Å². The van der Waals surface area contributed by atoms with Gasteiger partial charge in [-0.25, -0.2) is 9.37 Å². The van der Waals surface area contributed by atoms with Crippen molar-refractivity contribution in [3.05, 3.63) is 51.4 Å². The minimum Gasteiger partial charge on any atom is -0.489 e. The summed E-state index contributed by atoms with van der Waals surface area (Å²) in [7, 11) is 0. The van der Waals surface area contributed by atoms with Gasteiger partial charge in [0.15, 0.2) is 5.75 Å². The van der Waals surface area contributed by atoms with Crippen molar-refractivity contribution in [2.24, 2.45) is 0 Å². The van der Waals surface area contributed by atoms with Crippen LogP contribution in [0.3, 0.4) is 0 Å². The molecule has 2 heterocycles. The molecule has 0 unspecified atom stereocenters. The number of rotatable bonds is 9. The first-order valence-electron chi connectivity index (χ1n) is 12.6. The first-order chi connectivity index (χ1) is 18.3. The number of aliphatic hydroxyl groups excluding tert-OH is 1. The van der Waals surface area contributed by atoms with Crippen LogP contribution in [0.25, 0.3) is 0 Å². The van der Waals surface area contributed by atoms with E-state index in [0.29, 0.717) is 30.7 Å². The summed E-state index contributed by atoms with van der Waals surface area (Å²) in [4.78, 5) is 30.1. The monoisotopic (exact) mass is 585 g/mol. The molecule has 1 aromatic carbocycles. The number of aliphatic hydroxyl groups is 1. The van der Waals surface area contributed by atoms with Crippen LogP contribution >= 0.6 is 35.0 Å². The lowest BCUT2D eigenvalue weighted by Crippen LogP contribution is -2.44. The molecule has 2 aromatic rings. The quantitative estimate of drug-likeness (QED) is 0.393. The third kappa shape index (κ3) is 7.65. The SMILES string of the molecule is O=C(NC1CCC(NC(=O)c2cc(Cl)cc(Cl)c2OCCO)CC1)c1cc(F)cnc1OC1CCSCC1. The molecular formula is C26H30Cl2FN3O5S. The first kappa shape index (κ1) is 28.7. The highest BCUT2D eigenvalue weighted by molar-refractivity contribution is 7.99. The number of nitrogens with zero attached hydrogens (tertiary/aromatic N) is 1. The van der Waals surface area contributed by atoms with Gasteiger partial charge in [0.25, 0.3) is 11.8 Å². The molecule has 0 radical (unpaired) electrons. The summed E-state index contributed by atoms with van der Waals surface area (Å²) in [6.45, 7) is -0.242. The molecule has 38 heavy (non-hydrogen) atoms. The predicted octanol–water partition coefficient (Wildman–Crippen LogP) is 4.64. The second-order valence-corrected chi connectivity index (χ2v) is 11.3. The Morgan fingerprint density at radius 3 is 2.26 bits per heavy atom. The normalized spacial score (nSPS) is 20.0. The third-order valence-corrected chi connectivity index (χ3v) is 8.05. The fourth-order valence-electron chi connectivity index (χ4n) is 4.57. The molecular weight excluding hydrogens is 556 g/mol. The Morgan fingerprint density at radius 2 is 1.63 bits per heavy atom. The van der Waals surface area contributed by atoms with Crippen LogP contribution in [0.15, 0.2) is 24.4 Å². The van der Waals surface area contributed by atoms with Crippen LogP contribution in [-0.4, -0.2) is 64.8 Å². The molecule has 0 spiro atoms. The summed E-state index contributed by atoms with van der Waals surface area (Å²) < 4.78 is 25.4. The third-order valence-electron chi connectivity index (χ3n) is 6.50. The number of thioether (sulfide) groups is 1. The molecule has 1 aliphatic carbocycles. The van der Waals surface area contributed by atoms with Gasteiger partial charge < -0.3 is 25.2 Å². The van der Waals surface area contributed by atoms with Crippen molar-refractivity contribution < 1.29 is 28.6 Å². The second-order valence-electron chi connectivity index (χ2n) is 9.27. The smallest absolute Gasteiger partial charge is 0.257 e. The molecule has 1 aliphatic heterocycles. The van der Waals surface area contributed by atoms with Gasteiger partial charge in [0, 0.05) is 17.1 Å². The van der Waals surface area contributed by atoms with Gasteiger partial charge in [-0.1, -0.05) is 23.2 Å². The zero-order valence-electron chi connectivity index (χ0n) is 20.7. The second kappa shape index (κ2) is 13.7. The number of pyridine rings is 1. The fourth-order valence-corrected chi connectivity index (χ4v) is 6.18. The maximum absolute atomic E-state index is 13.9. The highest BCUT2D eigenvalue weighted by Gasteiger charge is 2.28. The van der Waals surface area contributed by atoms with Gasteiger partial charge in [-0.3, -0.25) is 9.59 Å². The summed E-state index contributed by atoms with van der Waals surface area (Å²) in [5.41, 5.74) is 0.279. The molecule has 2 amide bonds. The van der Waals surface area contributed by atoms with E-state index in [1.54, 1.807) is 0 Å². The first-order valence-corrected chi connectivity index (χ1v) is 14.5. The van der Waals surface area contributed by atoms with Crippen molar-refractivity contribution in [3.63, 3.8) is 0 Å². The lowest BCUT2D eigenvalue weighted by molar-refractivity contribution is 0.0883. The molecule has 206 valence electrons. The highest BCUT2D eigenvalue weighted by atomic mass is 35.5. The Balaban J connectivity index is 1.33. The van der Waals surface area contributed by atoms with Crippen LogP contribution < -0.4 is 20.1 Å². The van der Waals surface area contributed by atoms with Gasteiger partial charge in [-0.05, 0) is 68.2 Å². The molecule has 8 nitrogen and oxygen atoms in total. The average Bonchev–Trinajstić information content (AvgIpc) is 2.90. The zero-order valence-corrected chi connectivity index (χ0v) is 23.0. The van der Waals surface area contributed by atoms with Crippen molar-refractivity contribution in [2.75, 3.05) is 24.7 Å². The van der Waals surface area contributed by atoms with E-state index < -0.39 is 11.7 Å². The molecule has 3 N–H and O–H groups in total. The summed E-state index contributed by atoms with van der Waals surface area (Å²) in [6.07, 6.45) is 5.24. The largest absolute Gasteiger partial charge is 0.489 e. The number of benzene rings is 1. The molecule has 1 saturated carbocycles. The number of hydrogen-bond acceptors (Lipinski definition) is 7. The average molecular weight is 587 g/mol. The number of hydrogen-bond donors (Lipinski definition) is 3. The lowest BCUT2D eigenvalue weighted by Gasteiger charge is -2.30. The maximum Gasteiger partial charge on any atom is 0.257 e. The van der Waals surface area contributed by atoms with Crippen molar-refractivity contribution in [1.29, 1.82) is 0 Å². The van der Waals surface area contributed by atoms with Gasteiger partial charge in [0.1, 0.15) is 24.1 Å². The Morgan fingerprint density at radius 1 is 1.00 bits per heavy atom. The van der Waals surface area contributed by atoms with E-state index in [2.05, 4.69) is 15.6 Å². The molecule has 1 aromatic heterocycles. The van der Waals surface area contributed by atoms with E-state index in [-0.39, 0.29) is 65.1 Å². The summed E-state index contributed by atoms with van der Waals surface area (Å²) in [5, 5.41) is 15.5. The van der Waals surface area contributed by atoms with Crippen molar-refractivity contribution in [3.8, 4) is 11.6 Å². The topological polar surface area (TPSA) is 110 Å². The van der Waals surface area contributed by atoms with Gasteiger partial charge in [0.05, 0.1) is 23.4 Å². The molecule has 2 aliphatic rings. The van der Waals surface area contributed by atoms with Gasteiger partial charge >= 0.3 is 0 Å². The number of aromatic nitrogens is 1. The minimum atomic E-state index is -0.600. The molecule has 1 saturated heterocycles. The number of ether oxygens (including phenoxy) is 2. The highest BCUT2D eigenvalue weighted by Crippen LogP contribution is 2.33. The molecule has 0 bridgehead atoms. The van der Waals surface area contributed by atoms with Crippen LogP contribution in [0.4, 0.5) is 4.39 Å². The van der Waals surface area contributed by atoms with E-state index in [9.17, 15) is 14.0 Å². The Kier molecular flexibility index (Phi) is 10.3. The van der Waals surface area contributed by atoms with Crippen LogP contribution in [0.2, 0.25) is 10.0 Å². The molecule has 0 atom stereocenters. The number of amides is 2. The van der Waals surface area contributed by atoms with Crippen molar-refractivity contribution in [1.82, 2.24) is 15.6 Å². The number of halogens is 3. The van der Waals surface area contributed by atoms with Crippen molar-refractivity contribution in [2.45, 2.75) is 56.7 Å². The van der Waals surface area contributed by atoms with Crippen LogP contribution in [0.5, 0.6) is 11.6 Å². The van der Waals surface area contributed by atoms with Gasteiger partial charge in [-0.2, -0.15) is 11.8 Å². The Bertz CT molecular complexity index is 1140. The van der Waals surface area contributed by atoms with Crippen LogP contribution in [0, 0.1) is 5.82 Å². The van der Waals surface area contributed by atoms with E-state index in [4.69, 9.17) is 37.8 Å². The van der Waals surface area contributed by atoms with Crippen molar-refractivity contribution >= 4 is 46.8 Å². The van der Waals surface area contributed by atoms with E-state index in [1.165, 1.54) is 12.1 Å².